The summed E-state index contributed by atoms with van der Waals surface area (Å²) in [4.78, 5) is 0. The predicted molar refractivity (Wildman–Crippen MR) is 60.9 cm³/mol. The number of alkyl halides is 3. The third-order valence-electron chi connectivity index (χ3n) is 2.14. The Kier molecular flexibility index (Phi) is 4.15. The lowest BCUT2D eigenvalue weighted by Crippen LogP contribution is -2.12. The molecule has 1 atom stereocenters. The van der Waals surface area contributed by atoms with Gasteiger partial charge in [0.05, 0.1) is 5.56 Å². The fourth-order valence-corrected chi connectivity index (χ4v) is 1.85. The molecular weight excluding hydrogens is 283 g/mol. The van der Waals surface area contributed by atoms with Gasteiger partial charge in [0.2, 0.25) is 0 Å². The molecule has 0 fully saturated rings. The van der Waals surface area contributed by atoms with Gasteiger partial charge in [0.15, 0.2) is 0 Å². The van der Waals surface area contributed by atoms with Crippen LogP contribution in [0.25, 0.3) is 0 Å². The molecule has 0 amide bonds. The van der Waals surface area contributed by atoms with Crippen LogP contribution in [0.15, 0.2) is 35.3 Å². The second kappa shape index (κ2) is 5.01. The number of hydrogen-bond acceptors (Lipinski definition) is 1. The van der Waals surface area contributed by atoms with E-state index in [9.17, 15) is 13.2 Å². The minimum absolute atomic E-state index is 0.430. The Morgan fingerprint density at radius 1 is 1.44 bits per heavy atom. The van der Waals surface area contributed by atoms with Crippen molar-refractivity contribution in [2.45, 2.75) is 18.6 Å². The van der Waals surface area contributed by atoms with Crippen molar-refractivity contribution in [3.8, 4) is 0 Å². The van der Waals surface area contributed by atoms with Crippen LogP contribution in [0.3, 0.4) is 0 Å². The summed E-state index contributed by atoms with van der Waals surface area (Å²) in [5.74, 6) is 0. The van der Waals surface area contributed by atoms with Crippen LogP contribution in [-0.4, -0.2) is 0 Å². The van der Waals surface area contributed by atoms with E-state index in [1.54, 1.807) is 6.08 Å². The van der Waals surface area contributed by atoms with Crippen molar-refractivity contribution in [1.29, 1.82) is 0 Å². The molecule has 1 rings (SSSR count). The Morgan fingerprint density at radius 2 is 2.06 bits per heavy atom. The summed E-state index contributed by atoms with van der Waals surface area (Å²) in [6.07, 6.45) is -2.33. The van der Waals surface area contributed by atoms with Gasteiger partial charge < -0.3 is 5.73 Å². The van der Waals surface area contributed by atoms with Crippen LogP contribution in [0.5, 0.6) is 0 Å². The summed E-state index contributed by atoms with van der Waals surface area (Å²) in [5.41, 5.74) is 5.50. The molecule has 1 aromatic rings. The molecule has 0 unspecified atom stereocenters. The molecule has 0 saturated heterocycles. The SMILES string of the molecule is C=CC[C@@H](N)c1cc(C(F)(F)F)ccc1Br. The van der Waals surface area contributed by atoms with Crippen LogP contribution >= 0.6 is 15.9 Å². The molecule has 16 heavy (non-hydrogen) atoms. The summed E-state index contributed by atoms with van der Waals surface area (Å²) in [5, 5.41) is 0. The van der Waals surface area contributed by atoms with E-state index >= 15 is 0 Å². The van der Waals surface area contributed by atoms with Crippen molar-refractivity contribution in [3.63, 3.8) is 0 Å². The standard InChI is InChI=1S/C11H11BrF3N/c1-2-3-10(16)8-6-7(11(13,14)15)4-5-9(8)12/h2,4-6,10H,1,3,16H2/t10-/m1/s1. The average Bonchev–Trinajstić information content (AvgIpc) is 2.16. The lowest BCUT2D eigenvalue weighted by Gasteiger charge is -2.15. The molecule has 1 nitrogen and oxygen atoms in total. The monoisotopic (exact) mass is 293 g/mol. The van der Waals surface area contributed by atoms with Crippen LogP contribution in [0.2, 0.25) is 0 Å². The van der Waals surface area contributed by atoms with E-state index in [2.05, 4.69) is 22.5 Å². The van der Waals surface area contributed by atoms with E-state index in [0.29, 0.717) is 16.5 Å². The van der Waals surface area contributed by atoms with Crippen molar-refractivity contribution in [2.75, 3.05) is 0 Å². The average molecular weight is 294 g/mol. The van der Waals surface area contributed by atoms with Gasteiger partial charge in [-0.3, -0.25) is 0 Å². The quantitative estimate of drug-likeness (QED) is 0.836. The van der Waals surface area contributed by atoms with Gasteiger partial charge in [0.1, 0.15) is 0 Å². The first-order valence-electron chi connectivity index (χ1n) is 4.59. The molecule has 1 aromatic carbocycles. The van der Waals surface area contributed by atoms with Gasteiger partial charge >= 0.3 is 6.18 Å². The zero-order valence-electron chi connectivity index (χ0n) is 8.39. The molecule has 0 saturated carbocycles. The molecule has 0 radical (unpaired) electrons. The van der Waals surface area contributed by atoms with Gasteiger partial charge in [-0.15, -0.1) is 6.58 Å². The first kappa shape index (κ1) is 13.3. The highest BCUT2D eigenvalue weighted by atomic mass is 79.9. The summed E-state index contributed by atoms with van der Waals surface area (Å²) in [6.45, 7) is 3.51. The van der Waals surface area contributed by atoms with Crippen molar-refractivity contribution in [3.05, 3.63) is 46.5 Å². The van der Waals surface area contributed by atoms with Crippen LogP contribution < -0.4 is 5.73 Å². The predicted octanol–water partition coefficient (Wildman–Crippen LogP) is 4.04. The molecule has 0 bridgehead atoms. The van der Waals surface area contributed by atoms with E-state index in [4.69, 9.17) is 5.73 Å². The number of nitrogens with two attached hydrogens (primary N) is 1. The smallest absolute Gasteiger partial charge is 0.324 e. The van der Waals surface area contributed by atoms with Crippen molar-refractivity contribution in [1.82, 2.24) is 0 Å². The minimum atomic E-state index is -4.34. The number of hydrogen-bond donors (Lipinski definition) is 1. The second-order valence-electron chi connectivity index (χ2n) is 3.36. The van der Waals surface area contributed by atoms with Gasteiger partial charge in [0.25, 0.3) is 0 Å². The maximum atomic E-state index is 12.5. The van der Waals surface area contributed by atoms with Crippen molar-refractivity contribution in [2.24, 2.45) is 5.73 Å². The Morgan fingerprint density at radius 3 is 2.56 bits per heavy atom. The fourth-order valence-electron chi connectivity index (χ4n) is 1.31. The number of benzene rings is 1. The Bertz CT molecular complexity index is 387. The fraction of sp³-hybridized carbons (Fsp3) is 0.273. The molecule has 88 valence electrons. The van der Waals surface area contributed by atoms with Gasteiger partial charge in [-0.1, -0.05) is 22.0 Å². The molecule has 2 N–H and O–H groups in total. The Hall–Kier alpha value is -0.810. The Labute approximate surface area is 100 Å². The molecule has 0 aliphatic rings. The lowest BCUT2D eigenvalue weighted by molar-refractivity contribution is -0.137. The van der Waals surface area contributed by atoms with Gasteiger partial charge in [-0.05, 0) is 30.2 Å². The maximum Gasteiger partial charge on any atom is 0.416 e. The number of halogens is 4. The third kappa shape index (κ3) is 3.09. The molecule has 0 aromatic heterocycles. The molecule has 0 aliphatic carbocycles. The number of rotatable bonds is 3. The zero-order chi connectivity index (χ0) is 12.3. The first-order chi connectivity index (χ1) is 7.36. The van der Waals surface area contributed by atoms with Gasteiger partial charge in [0, 0.05) is 10.5 Å². The summed E-state index contributed by atoms with van der Waals surface area (Å²) in [6, 6.07) is 2.97. The van der Waals surface area contributed by atoms with E-state index in [-0.39, 0.29) is 0 Å². The minimum Gasteiger partial charge on any atom is -0.324 e. The summed E-state index contributed by atoms with van der Waals surface area (Å²) in [7, 11) is 0. The highest BCUT2D eigenvalue weighted by molar-refractivity contribution is 9.10. The summed E-state index contributed by atoms with van der Waals surface area (Å²) >= 11 is 3.19. The van der Waals surface area contributed by atoms with Crippen LogP contribution in [0.1, 0.15) is 23.6 Å². The lowest BCUT2D eigenvalue weighted by atomic mass is 10.0. The van der Waals surface area contributed by atoms with Crippen LogP contribution in [0, 0.1) is 0 Å². The molecule has 0 spiro atoms. The van der Waals surface area contributed by atoms with E-state index in [1.807, 2.05) is 0 Å². The highest BCUT2D eigenvalue weighted by Gasteiger charge is 2.31. The van der Waals surface area contributed by atoms with Crippen LogP contribution in [-0.2, 0) is 6.18 Å². The largest absolute Gasteiger partial charge is 0.416 e. The molecule has 5 heteroatoms. The van der Waals surface area contributed by atoms with E-state index < -0.39 is 17.8 Å². The Balaban J connectivity index is 3.13. The molecular formula is C11H11BrF3N. The molecule has 0 heterocycles. The normalized spacial score (nSPS) is 13.6. The topological polar surface area (TPSA) is 26.0 Å². The first-order valence-corrected chi connectivity index (χ1v) is 5.38. The van der Waals surface area contributed by atoms with Gasteiger partial charge in [-0.2, -0.15) is 13.2 Å². The summed E-state index contributed by atoms with van der Waals surface area (Å²) < 4.78 is 38.0. The zero-order valence-corrected chi connectivity index (χ0v) is 9.98. The molecule has 0 aliphatic heterocycles. The van der Waals surface area contributed by atoms with Gasteiger partial charge in [-0.25, -0.2) is 0 Å². The third-order valence-corrected chi connectivity index (χ3v) is 2.87. The van der Waals surface area contributed by atoms with Crippen molar-refractivity contribution < 1.29 is 13.2 Å². The van der Waals surface area contributed by atoms with Crippen LogP contribution in [0.4, 0.5) is 13.2 Å². The van der Waals surface area contributed by atoms with E-state index in [0.717, 1.165) is 12.1 Å². The maximum absolute atomic E-state index is 12.5. The second-order valence-corrected chi connectivity index (χ2v) is 4.22. The van der Waals surface area contributed by atoms with E-state index in [1.165, 1.54) is 6.07 Å². The highest BCUT2D eigenvalue weighted by Crippen LogP contribution is 2.34. The van der Waals surface area contributed by atoms with Crippen molar-refractivity contribution >= 4 is 15.9 Å².